The normalized spacial score (nSPS) is 9.95. The third-order valence-corrected chi connectivity index (χ3v) is 4.00. The third-order valence-electron chi connectivity index (χ3n) is 2.43. The van der Waals surface area contributed by atoms with Gasteiger partial charge in [0.1, 0.15) is 11.1 Å². The van der Waals surface area contributed by atoms with Gasteiger partial charge >= 0.3 is 0 Å². The van der Waals surface area contributed by atoms with Gasteiger partial charge < -0.3 is 5.32 Å². The molecule has 21 heavy (non-hydrogen) atoms. The number of anilines is 1. The molecule has 0 atom stereocenters. The first kappa shape index (κ1) is 15.6. The van der Waals surface area contributed by atoms with E-state index in [1.807, 2.05) is 6.07 Å². The zero-order chi connectivity index (χ0) is 15.2. The lowest BCUT2D eigenvalue weighted by molar-refractivity contribution is -0.113. The van der Waals surface area contributed by atoms with Gasteiger partial charge in [-0.3, -0.25) is 4.79 Å². The van der Waals surface area contributed by atoms with E-state index in [2.05, 4.69) is 10.3 Å². The molecular weight excluding hydrogens is 329 g/mol. The second kappa shape index (κ2) is 7.32. The number of carbonyl (C=O) groups is 1. The van der Waals surface area contributed by atoms with Crippen molar-refractivity contribution in [3.05, 3.63) is 52.1 Å². The quantitative estimate of drug-likeness (QED) is 0.856. The maximum absolute atomic E-state index is 11.9. The number of carbonyl (C=O) groups excluding carboxylic acids is 1. The van der Waals surface area contributed by atoms with Crippen molar-refractivity contribution in [3.8, 4) is 6.07 Å². The molecule has 0 saturated carbocycles. The van der Waals surface area contributed by atoms with Crippen molar-refractivity contribution < 1.29 is 4.79 Å². The second-order valence-electron chi connectivity index (χ2n) is 3.93. The van der Waals surface area contributed by atoms with Crippen LogP contribution >= 0.6 is 35.0 Å². The Morgan fingerprint density at radius 2 is 2.19 bits per heavy atom. The summed E-state index contributed by atoms with van der Waals surface area (Å²) >= 11 is 13.0. The molecular formula is C14H9Cl2N3OS. The fourth-order valence-electron chi connectivity index (χ4n) is 1.50. The summed E-state index contributed by atoms with van der Waals surface area (Å²) in [7, 11) is 0. The van der Waals surface area contributed by atoms with Crippen LogP contribution in [0.4, 0.5) is 5.69 Å². The molecule has 0 saturated heterocycles. The minimum absolute atomic E-state index is 0.120. The minimum atomic E-state index is -0.251. The standard InChI is InChI=1S/C14H9Cl2N3OS/c15-10-3-4-11(16)12(6-10)19-13(20)8-21-14-9(7-17)2-1-5-18-14/h1-6H,8H2,(H,19,20). The van der Waals surface area contributed by atoms with Crippen LogP contribution in [0.1, 0.15) is 5.56 Å². The van der Waals surface area contributed by atoms with Gasteiger partial charge in [0.25, 0.3) is 0 Å². The van der Waals surface area contributed by atoms with Gasteiger partial charge in [0, 0.05) is 11.2 Å². The molecule has 2 aromatic rings. The van der Waals surface area contributed by atoms with E-state index in [0.29, 0.717) is 26.3 Å². The predicted molar refractivity (Wildman–Crippen MR) is 84.8 cm³/mol. The molecule has 0 unspecified atom stereocenters. The third kappa shape index (κ3) is 4.36. The summed E-state index contributed by atoms with van der Waals surface area (Å²) in [4.78, 5) is 16.0. The maximum atomic E-state index is 11.9. The SMILES string of the molecule is N#Cc1cccnc1SCC(=O)Nc1cc(Cl)ccc1Cl. The van der Waals surface area contributed by atoms with Crippen molar-refractivity contribution in [1.29, 1.82) is 5.26 Å². The summed E-state index contributed by atoms with van der Waals surface area (Å²) in [5, 5.41) is 13.0. The average molecular weight is 338 g/mol. The Morgan fingerprint density at radius 3 is 2.95 bits per heavy atom. The van der Waals surface area contributed by atoms with E-state index in [0.717, 1.165) is 0 Å². The molecule has 1 aromatic carbocycles. The lowest BCUT2D eigenvalue weighted by Gasteiger charge is -2.07. The maximum Gasteiger partial charge on any atom is 0.234 e. The van der Waals surface area contributed by atoms with E-state index in [-0.39, 0.29) is 11.7 Å². The summed E-state index contributed by atoms with van der Waals surface area (Å²) in [6.07, 6.45) is 1.58. The van der Waals surface area contributed by atoms with E-state index in [1.54, 1.807) is 36.5 Å². The number of aromatic nitrogens is 1. The van der Waals surface area contributed by atoms with Crippen LogP contribution in [0.25, 0.3) is 0 Å². The topological polar surface area (TPSA) is 65.8 Å². The minimum Gasteiger partial charge on any atom is -0.324 e. The van der Waals surface area contributed by atoms with Gasteiger partial charge in [-0.15, -0.1) is 0 Å². The van der Waals surface area contributed by atoms with Gasteiger partial charge in [-0.2, -0.15) is 5.26 Å². The van der Waals surface area contributed by atoms with Crippen LogP contribution in [-0.2, 0) is 4.79 Å². The van der Waals surface area contributed by atoms with Gasteiger partial charge in [-0.1, -0.05) is 35.0 Å². The fraction of sp³-hybridized carbons (Fsp3) is 0.0714. The Labute approximate surface area is 136 Å². The fourth-order valence-corrected chi connectivity index (χ4v) is 2.59. The molecule has 0 aliphatic heterocycles. The molecule has 0 aliphatic rings. The molecule has 0 bridgehead atoms. The Hall–Kier alpha value is -1.74. The highest BCUT2D eigenvalue weighted by molar-refractivity contribution is 8.00. The first-order chi connectivity index (χ1) is 10.1. The number of benzene rings is 1. The van der Waals surface area contributed by atoms with Crippen LogP contribution < -0.4 is 5.32 Å². The number of pyridine rings is 1. The van der Waals surface area contributed by atoms with E-state index in [9.17, 15) is 4.79 Å². The first-order valence-electron chi connectivity index (χ1n) is 5.83. The van der Waals surface area contributed by atoms with Crippen molar-refractivity contribution >= 4 is 46.6 Å². The van der Waals surface area contributed by atoms with E-state index in [1.165, 1.54) is 11.8 Å². The molecule has 0 fully saturated rings. The number of nitriles is 1. The van der Waals surface area contributed by atoms with Gasteiger partial charge in [0.15, 0.2) is 0 Å². The number of halogens is 2. The van der Waals surface area contributed by atoms with Crippen molar-refractivity contribution in [3.63, 3.8) is 0 Å². The summed E-state index contributed by atoms with van der Waals surface area (Å²) in [5.41, 5.74) is 0.896. The Kier molecular flexibility index (Phi) is 5.45. The molecule has 7 heteroatoms. The first-order valence-corrected chi connectivity index (χ1v) is 7.57. The molecule has 106 valence electrons. The number of nitrogens with one attached hydrogen (secondary N) is 1. The summed E-state index contributed by atoms with van der Waals surface area (Å²) in [6.45, 7) is 0. The van der Waals surface area contributed by atoms with Crippen molar-refractivity contribution in [1.82, 2.24) is 4.98 Å². The van der Waals surface area contributed by atoms with Crippen molar-refractivity contribution in [2.45, 2.75) is 5.03 Å². The van der Waals surface area contributed by atoms with Gasteiger partial charge in [0.2, 0.25) is 5.91 Å². The van der Waals surface area contributed by atoms with Crippen LogP contribution in [0.15, 0.2) is 41.6 Å². The van der Waals surface area contributed by atoms with Crippen molar-refractivity contribution in [2.24, 2.45) is 0 Å². The molecule has 0 spiro atoms. The highest BCUT2D eigenvalue weighted by Crippen LogP contribution is 2.26. The van der Waals surface area contributed by atoms with Gasteiger partial charge in [-0.25, -0.2) is 4.98 Å². The molecule has 0 radical (unpaired) electrons. The monoisotopic (exact) mass is 337 g/mol. The largest absolute Gasteiger partial charge is 0.324 e. The van der Waals surface area contributed by atoms with Crippen LogP contribution in [0.2, 0.25) is 10.0 Å². The molecule has 1 heterocycles. The molecule has 4 nitrogen and oxygen atoms in total. The van der Waals surface area contributed by atoms with E-state index >= 15 is 0 Å². The molecule has 1 aromatic heterocycles. The highest BCUT2D eigenvalue weighted by Gasteiger charge is 2.10. The highest BCUT2D eigenvalue weighted by atomic mass is 35.5. The second-order valence-corrected chi connectivity index (χ2v) is 5.74. The smallest absolute Gasteiger partial charge is 0.234 e. The molecule has 1 amide bonds. The van der Waals surface area contributed by atoms with Gasteiger partial charge in [-0.05, 0) is 30.3 Å². The number of thioether (sulfide) groups is 1. The number of hydrogen-bond acceptors (Lipinski definition) is 4. The Morgan fingerprint density at radius 1 is 1.38 bits per heavy atom. The zero-order valence-electron chi connectivity index (χ0n) is 10.6. The van der Waals surface area contributed by atoms with Crippen molar-refractivity contribution in [2.75, 3.05) is 11.1 Å². The van der Waals surface area contributed by atoms with Gasteiger partial charge in [0.05, 0.1) is 22.0 Å². The van der Waals surface area contributed by atoms with Crippen LogP contribution in [0.3, 0.4) is 0 Å². The molecule has 0 aliphatic carbocycles. The number of hydrogen-bond donors (Lipinski definition) is 1. The summed E-state index contributed by atoms with van der Waals surface area (Å²) in [6, 6.07) is 10.2. The Balaban J connectivity index is 2.00. The van der Waals surface area contributed by atoms with E-state index in [4.69, 9.17) is 28.5 Å². The van der Waals surface area contributed by atoms with E-state index < -0.39 is 0 Å². The zero-order valence-corrected chi connectivity index (χ0v) is 13.0. The van der Waals surface area contributed by atoms with Crippen LogP contribution in [0, 0.1) is 11.3 Å². The summed E-state index contributed by atoms with van der Waals surface area (Å²) in [5.74, 6) is -0.132. The average Bonchev–Trinajstić information content (AvgIpc) is 2.49. The van der Waals surface area contributed by atoms with Crippen LogP contribution in [0.5, 0.6) is 0 Å². The Bertz CT molecular complexity index is 716. The molecule has 2 rings (SSSR count). The lowest BCUT2D eigenvalue weighted by atomic mass is 10.3. The number of nitrogens with zero attached hydrogens (tertiary/aromatic N) is 2. The number of amides is 1. The predicted octanol–water partition coefficient (Wildman–Crippen LogP) is 3.99. The lowest BCUT2D eigenvalue weighted by Crippen LogP contribution is -2.14. The molecule has 1 N–H and O–H groups in total. The number of rotatable bonds is 4. The van der Waals surface area contributed by atoms with Crippen LogP contribution in [-0.4, -0.2) is 16.6 Å². The summed E-state index contributed by atoms with van der Waals surface area (Å²) < 4.78 is 0.